The van der Waals surface area contributed by atoms with Crippen LogP contribution in [0.4, 0.5) is 5.69 Å². The van der Waals surface area contributed by atoms with Gasteiger partial charge in [-0.1, -0.05) is 64.6 Å². The van der Waals surface area contributed by atoms with Gasteiger partial charge in [-0.2, -0.15) is 0 Å². The first kappa shape index (κ1) is 15.4. The van der Waals surface area contributed by atoms with E-state index in [0.717, 1.165) is 11.7 Å². The Labute approximate surface area is 127 Å². The average molecular weight is 290 g/mol. The van der Waals surface area contributed by atoms with Crippen LogP contribution in [0.5, 0.6) is 0 Å². The zero-order valence-electron chi connectivity index (χ0n) is 13.2. The summed E-state index contributed by atoms with van der Waals surface area (Å²) in [6.07, 6.45) is 1.21. The molecular formula is C17H26N2S. The predicted octanol–water partition coefficient (Wildman–Crippen LogP) is 5.13. The first-order valence-corrected chi connectivity index (χ1v) is 8.30. The lowest BCUT2D eigenvalue weighted by Gasteiger charge is -2.21. The number of thioether (sulfide) groups is 1. The maximum Gasteiger partial charge on any atom is 0.161 e. The van der Waals surface area contributed by atoms with E-state index in [2.05, 4.69) is 69.2 Å². The van der Waals surface area contributed by atoms with Crippen molar-refractivity contribution >= 4 is 22.6 Å². The van der Waals surface area contributed by atoms with Gasteiger partial charge in [-0.25, -0.2) is 0 Å². The molecule has 20 heavy (non-hydrogen) atoms. The average Bonchev–Trinajstić information content (AvgIpc) is 2.74. The van der Waals surface area contributed by atoms with Crippen LogP contribution in [0.1, 0.15) is 52.5 Å². The fourth-order valence-electron chi connectivity index (χ4n) is 2.50. The van der Waals surface area contributed by atoms with E-state index >= 15 is 0 Å². The number of hydrogen-bond acceptors (Lipinski definition) is 3. The van der Waals surface area contributed by atoms with E-state index in [1.807, 2.05) is 11.8 Å². The molecule has 0 radical (unpaired) electrons. The lowest BCUT2D eigenvalue weighted by Crippen LogP contribution is -2.16. The van der Waals surface area contributed by atoms with E-state index in [1.54, 1.807) is 0 Å². The SMILES string of the molecule is CC(C)c1ccccc1NC1=NCC(CC(C)(C)C)S1. The van der Waals surface area contributed by atoms with Crippen molar-refractivity contribution in [1.29, 1.82) is 0 Å². The minimum absolute atomic E-state index is 0.373. The van der Waals surface area contributed by atoms with Crippen molar-refractivity contribution < 1.29 is 0 Å². The Balaban J connectivity index is 1.99. The molecule has 0 amide bonds. The maximum atomic E-state index is 4.67. The third kappa shape index (κ3) is 4.27. The second-order valence-electron chi connectivity index (χ2n) is 7.02. The minimum atomic E-state index is 0.373. The van der Waals surface area contributed by atoms with E-state index in [9.17, 15) is 0 Å². The highest BCUT2D eigenvalue weighted by molar-refractivity contribution is 8.15. The van der Waals surface area contributed by atoms with Crippen LogP contribution in [-0.2, 0) is 0 Å². The Kier molecular flexibility index (Phi) is 4.79. The van der Waals surface area contributed by atoms with Crippen LogP contribution < -0.4 is 5.32 Å². The molecule has 0 saturated heterocycles. The van der Waals surface area contributed by atoms with Gasteiger partial charge in [0.2, 0.25) is 0 Å². The van der Waals surface area contributed by atoms with Gasteiger partial charge in [0, 0.05) is 10.9 Å². The van der Waals surface area contributed by atoms with Gasteiger partial charge in [0.15, 0.2) is 5.17 Å². The van der Waals surface area contributed by atoms with Crippen molar-refractivity contribution in [2.24, 2.45) is 10.4 Å². The summed E-state index contributed by atoms with van der Waals surface area (Å²) in [4.78, 5) is 4.67. The Morgan fingerprint density at radius 2 is 2.00 bits per heavy atom. The van der Waals surface area contributed by atoms with Gasteiger partial charge in [0.1, 0.15) is 0 Å². The number of amidine groups is 1. The summed E-state index contributed by atoms with van der Waals surface area (Å²) in [7, 11) is 0. The van der Waals surface area contributed by atoms with Crippen LogP contribution in [0.2, 0.25) is 0 Å². The molecule has 1 atom stereocenters. The number of hydrogen-bond donors (Lipinski definition) is 1. The van der Waals surface area contributed by atoms with Crippen LogP contribution in [0.3, 0.4) is 0 Å². The molecule has 2 nitrogen and oxygen atoms in total. The fourth-order valence-corrected chi connectivity index (χ4v) is 3.87. The Morgan fingerprint density at radius 3 is 2.65 bits per heavy atom. The number of anilines is 1. The number of para-hydroxylation sites is 1. The maximum absolute atomic E-state index is 4.67. The summed E-state index contributed by atoms with van der Waals surface area (Å²) in [5, 5.41) is 5.21. The quantitative estimate of drug-likeness (QED) is 0.834. The summed E-state index contributed by atoms with van der Waals surface area (Å²) >= 11 is 1.89. The molecule has 0 aliphatic carbocycles. The van der Waals surface area contributed by atoms with Crippen LogP contribution in [0.25, 0.3) is 0 Å². The second kappa shape index (κ2) is 6.21. The first-order chi connectivity index (χ1) is 9.35. The van der Waals surface area contributed by atoms with E-state index in [-0.39, 0.29) is 0 Å². The lowest BCUT2D eigenvalue weighted by atomic mass is 9.90. The van der Waals surface area contributed by atoms with Crippen molar-refractivity contribution in [2.45, 2.75) is 52.2 Å². The molecule has 1 aliphatic heterocycles. The molecule has 0 bridgehead atoms. The highest BCUT2D eigenvalue weighted by Gasteiger charge is 2.25. The van der Waals surface area contributed by atoms with Crippen LogP contribution in [0, 0.1) is 5.41 Å². The van der Waals surface area contributed by atoms with Crippen LogP contribution in [-0.4, -0.2) is 17.0 Å². The standard InChI is InChI=1S/C17H26N2S/c1-12(2)14-8-6-7-9-15(14)19-16-18-11-13(20-16)10-17(3,4)5/h6-9,12-13H,10-11H2,1-5H3,(H,18,19). The van der Waals surface area contributed by atoms with E-state index in [0.29, 0.717) is 16.6 Å². The Bertz CT molecular complexity index is 486. The second-order valence-corrected chi connectivity index (χ2v) is 8.31. The van der Waals surface area contributed by atoms with Crippen LogP contribution >= 0.6 is 11.8 Å². The zero-order chi connectivity index (χ0) is 14.8. The van der Waals surface area contributed by atoms with E-state index in [1.165, 1.54) is 17.7 Å². The van der Waals surface area contributed by atoms with E-state index < -0.39 is 0 Å². The number of nitrogens with one attached hydrogen (secondary N) is 1. The van der Waals surface area contributed by atoms with Crippen molar-refractivity contribution in [3.8, 4) is 0 Å². The predicted molar refractivity (Wildman–Crippen MR) is 91.9 cm³/mol. The highest BCUT2D eigenvalue weighted by Crippen LogP contribution is 2.33. The monoisotopic (exact) mass is 290 g/mol. The van der Waals surface area contributed by atoms with Crippen molar-refractivity contribution in [3.05, 3.63) is 29.8 Å². The molecule has 1 heterocycles. The number of benzene rings is 1. The lowest BCUT2D eigenvalue weighted by molar-refractivity contribution is 0.375. The van der Waals surface area contributed by atoms with Gasteiger partial charge in [-0.15, -0.1) is 0 Å². The normalized spacial score (nSPS) is 19.3. The summed E-state index contributed by atoms with van der Waals surface area (Å²) in [6, 6.07) is 8.53. The molecule has 1 unspecified atom stereocenters. The van der Waals surface area contributed by atoms with Crippen molar-refractivity contribution in [3.63, 3.8) is 0 Å². The Hall–Kier alpha value is -0.960. The summed E-state index contributed by atoms with van der Waals surface area (Å²) < 4.78 is 0. The fraction of sp³-hybridized carbons (Fsp3) is 0.588. The molecule has 0 aromatic heterocycles. The van der Waals surface area contributed by atoms with Gasteiger partial charge in [0.05, 0.1) is 6.54 Å². The summed E-state index contributed by atoms with van der Waals surface area (Å²) in [5.74, 6) is 0.524. The molecule has 2 rings (SSSR count). The Morgan fingerprint density at radius 1 is 1.30 bits per heavy atom. The summed E-state index contributed by atoms with van der Waals surface area (Å²) in [6.45, 7) is 12.3. The van der Waals surface area contributed by atoms with Gasteiger partial charge in [-0.3, -0.25) is 4.99 Å². The largest absolute Gasteiger partial charge is 0.335 e. The molecule has 1 aromatic carbocycles. The molecule has 0 fully saturated rings. The van der Waals surface area contributed by atoms with Crippen molar-refractivity contribution in [1.82, 2.24) is 0 Å². The molecular weight excluding hydrogens is 264 g/mol. The topological polar surface area (TPSA) is 24.4 Å². The van der Waals surface area contributed by atoms with Gasteiger partial charge < -0.3 is 5.32 Å². The highest BCUT2D eigenvalue weighted by atomic mass is 32.2. The van der Waals surface area contributed by atoms with Gasteiger partial charge >= 0.3 is 0 Å². The number of aliphatic imine (C=N–C) groups is 1. The first-order valence-electron chi connectivity index (χ1n) is 7.42. The molecule has 0 saturated carbocycles. The minimum Gasteiger partial charge on any atom is -0.335 e. The van der Waals surface area contributed by atoms with Gasteiger partial charge in [0.25, 0.3) is 0 Å². The molecule has 1 N–H and O–H groups in total. The molecule has 110 valence electrons. The third-order valence-electron chi connectivity index (χ3n) is 3.38. The van der Waals surface area contributed by atoms with Crippen molar-refractivity contribution in [2.75, 3.05) is 11.9 Å². The van der Waals surface area contributed by atoms with Gasteiger partial charge in [-0.05, 0) is 29.4 Å². The molecule has 3 heteroatoms. The molecule has 0 spiro atoms. The molecule has 1 aliphatic rings. The number of rotatable bonds is 3. The smallest absolute Gasteiger partial charge is 0.161 e. The number of nitrogens with zero attached hydrogens (tertiary/aromatic N) is 1. The third-order valence-corrected chi connectivity index (χ3v) is 4.48. The molecule has 1 aromatic rings. The zero-order valence-corrected chi connectivity index (χ0v) is 14.1. The van der Waals surface area contributed by atoms with Crippen LogP contribution in [0.15, 0.2) is 29.3 Å². The summed E-state index contributed by atoms with van der Waals surface area (Å²) in [5.41, 5.74) is 2.93. The van der Waals surface area contributed by atoms with E-state index in [4.69, 9.17) is 0 Å².